The van der Waals surface area contributed by atoms with Crippen molar-refractivity contribution in [3.63, 3.8) is 0 Å². The van der Waals surface area contributed by atoms with Gasteiger partial charge < -0.3 is 4.90 Å². The Balaban J connectivity index is 1.64. The van der Waals surface area contributed by atoms with E-state index < -0.39 is 10.0 Å². The van der Waals surface area contributed by atoms with E-state index in [-0.39, 0.29) is 10.8 Å². The Labute approximate surface area is 165 Å². The van der Waals surface area contributed by atoms with Crippen LogP contribution < -0.4 is 0 Å². The van der Waals surface area contributed by atoms with Crippen molar-refractivity contribution >= 4 is 47.8 Å². The molecule has 3 rings (SSSR count). The predicted octanol–water partition coefficient (Wildman–Crippen LogP) is 3.40. The summed E-state index contributed by atoms with van der Waals surface area (Å²) in [6, 6.07) is 5.10. The molecule has 1 amide bonds. The Morgan fingerprint density at radius 2 is 1.88 bits per heavy atom. The molecule has 136 valence electrons. The van der Waals surface area contributed by atoms with Crippen molar-refractivity contribution in [3.05, 3.63) is 39.3 Å². The maximum absolute atomic E-state index is 12.9. The van der Waals surface area contributed by atoms with Crippen LogP contribution in [0, 0.1) is 5.92 Å². The summed E-state index contributed by atoms with van der Waals surface area (Å²) in [6.07, 6.45) is 6.85. The molecule has 1 aromatic carbocycles. The van der Waals surface area contributed by atoms with Crippen molar-refractivity contribution in [3.8, 4) is 0 Å². The molecule has 5 nitrogen and oxygen atoms in total. The summed E-state index contributed by atoms with van der Waals surface area (Å²) in [4.78, 5) is 14.4. The summed E-state index contributed by atoms with van der Waals surface area (Å²) >= 11 is 6.64. The molecule has 1 aliphatic heterocycles. The zero-order valence-corrected chi connectivity index (χ0v) is 17.7. The fraction of sp³-hybridized carbons (Fsp3) is 0.471. The molecule has 1 fully saturated rings. The van der Waals surface area contributed by atoms with Gasteiger partial charge in [-0.1, -0.05) is 28.1 Å². The van der Waals surface area contributed by atoms with E-state index in [2.05, 4.69) is 44.0 Å². The Kier molecular flexibility index (Phi) is 6.03. The molecule has 25 heavy (non-hydrogen) atoms. The molecule has 8 heteroatoms. The molecule has 1 atom stereocenters. The first kappa shape index (κ1) is 19.1. The maximum Gasteiger partial charge on any atom is 0.244 e. The zero-order chi connectivity index (χ0) is 18.0. The molecule has 0 bridgehead atoms. The van der Waals surface area contributed by atoms with Gasteiger partial charge in [0, 0.05) is 41.5 Å². The van der Waals surface area contributed by atoms with Gasteiger partial charge in [-0.05, 0) is 52.9 Å². The van der Waals surface area contributed by atoms with E-state index >= 15 is 0 Å². The molecule has 0 N–H and O–H groups in total. The van der Waals surface area contributed by atoms with E-state index in [0.29, 0.717) is 47.5 Å². The fourth-order valence-electron chi connectivity index (χ4n) is 3.21. The number of hydrogen-bond acceptors (Lipinski definition) is 3. The molecule has 0 unspecified atom stereocenters. The lowest BCUT2D eigenvalue weighted by molar-refractivity contribution is -0.133. The fourth-order valence-corrected chi connectivity index (χ4v) is 6.10. The van der Waals surface area contributed by atoms with Crippen LogP contribution in [0.15, 0.2) is 44.2 Å². The number of carbonyl (C=O) groups excluding carboxylic acids is 1. The van der Waals surface area contributed by atoms with Crippen molar-refractivity contribution in [2.24, 2.45) is 5.92 Å². The second-order valence-electron chi connectivity index (χ2n) is 6.33. The molecule has 2 aliphatic rings. The van der Waals surface area contributed by atoms with Crippen LogP contribution in [-0.2, 0) is 14.8 Å². The van der Waals surface area contributed by atoms with Gasteiger partial charge >= 0.3 is 0 Å². The highest BCUT2D eigenvalue weighted by atomic mass is 79.9. The maximum atomic E-state index is 12.9. The summed E-state index contributed by atoms with van der Waals surface area (Å²) in [6.45, 7) is 1.54. The molecule has 1 saturated heterocycles. The first-order valence-corrected chi connectivity index (χ1v) is 11.3. The monoisotopic (exact) mass is 490 g/mol. The van der Waals surface area contributed by atoms with Crippen molar-refractivity contribution in [1.82, 2.24) is 9.21 Å². The molecule has 0 saturated carbocycles. The lowest BCUT2D eigenvalue weighted by Gasteiger charge is -2.34. The largest absolute Gasteiger partial charge is 0.340 e. The number of benzene rings is 1. The third-order valence-electron chi connectivity index (χ3n) is 4.65. The van der Waals surface area contributed by atoms with Crippen LogP contribution in [0.2, 0.25) is 0 Å². The smallest absolute Gasteiger partial charge is 0.244 e. The average molecular weight is 492 g/mol. The van der Waals surface area contributed by atoms with Crippen LogP contribution in [0.1, 0.15) is 19.3 Å². The second-order valence-corrected chi connectivity index (χ2v) is 10.0. The van der Waals surface area contributed by atoms with Crippen molar-refractivity contribution in [2.75, 3.05) is 26.2 Å². The number of amides is 1. The summed E-state index contributed by atoms with van der Waals surface area (Å²) < 4.78 is 28.5. The lowest BCUT2D eigenvalue weighted by Crippen LogP contribution is -2.50. The topological polar surface area (TPSA) is 57.7 Å². The normalized spacial score (nSPS) is 21.7. The highest BCUT2D eigenvalue weighted by molar-refractivity contribution is 9.11. The highest BCUT2D eigenvalue weighted by Gasteiger charge is 2.32. The Bertz CT molecular complexity index is 787. The van der Waals surface area contributed by atoms with Gasteiger partial charge in [0.15, 0.2) is 0 Å². The molecule has 1 aliphatic carbocycles. The molecule has 1 heterocycles. The van der Waals surface area contributed by atoms with Crippen LogP contribution in [0.3, 0.4) is 0 Å². The number of rotatable bonds is 4. The molecule has 0 aromatic heterocycles. The van der Waals surface area contributed by atoms with Gasteiger partial charge in [0.25, 0.3) is 0 Å². The van der Waals surface area contributed by atoms with Crippen LogP contribution >= 0.6 is 31.9 Å². The number of allylic oxidation sites excluding steroid dienone is 2. The van der Waals surface area contributed by atoms with E-state index in [4.69, 9.17) is 0 Å². The van der Waals surface area contributed by atoms with Gasteiger partial charge in [-0.15, -0.1) is 0 Å². The lowest BCUT2D eigenvalue weighted by atomic mass is 10.0. The van der Waals surface area contributed by atoms with Crippen molar-refractivity contribution in [2.45, 2.75) is 24.2 Å². The molecule has 0 radical (unpaired) electrons. The first-order valence-electron chi connectivity index (χ1n) is 8.27. The molecular formula is C17H20Br2N2O3S. The Morgan fingerprint density at radius 1 is 1.16 bits per heavy atom. The number of sulfonamides is 1. The summed E-state index contributed by atoms with van der Waals surface area (Å²) in [5.41, 5.74) is 0. The number of piperazine rings is 1. The van der Waals surface area contributed by atoms with E-state index in [1.54, 1.807) is 23.1 Å². The second kappa shape index (κ2) is 7.90. The SMILES string of the molecule is O=C(C[C@H]1C=CCC1)N1CCN(S(=O)(=O)c2cc(Br)ccc2Br)CC1. The standard InChI is InChI=1S/C17H20Br2N2O3S/c18-14-5-6-15(19)16(12-14)25(23,24)21-9-7-20(8-10-21)17(22)11-13-3-1-2-4-13/h1,3,5-6,12-13H,2,4,7-11H2/t13-/m0/s1. The van der Waals surface area contributed by atoms with E-state index in [1.165, 1.54) is 4.31 Å². The average Bonchev–Trinajstić information content (AvgIpc) is 3.10. The predicted molar refractivity (Wildman–Crippen MR) is 104 cm³/mol. The van der Waals surface area contributed by atoms with Crippen LogP contribution in [0.5, 0.6) is 0 Å². The minimum Gasteiger partial charge on any atom is -0.340 e. The third-order valence-corrected chi connectivity index (χ3v) is 8.04. The van der Waals surface area contributed by atoms with Gasteiger partial charge in [-0.3, -0.25) is 4.79 Å². The number of halogens is 2. The van der Waals surface area contributed by atoms with E-state index in [0.717, 1.165) is 12.8 Å². The minimum atomic E-state index is -3.58. The Morgan fingerprint density at radius 3 is 2.52 bits per heavy atom. The van der Waals surface area contributed by atoms with Crippen LogP contribution in [0.25, 0.3) is 0 Å². The first-order chi connectivity index (χ1) is 11.9. The quantitative estimate of drug-likeness (QED) is 0.606. The summed E-state index contributed by atoms with van der Waals surface area (Å²) in [5, 5.41) is 0. The van der Waals surface area contributed by atoms with Gasteiger partial charge in [-0.2, -0.15) is 4.31 Å². The summed E-state index contributed by atoms with van der Waals surface area (Å²) in [7, 11) is -3.58. The third kappa shape index (κ3) is 4.35. The summed E-state index contributed by atoms with van der Waals surface area (Å²) in [5.74, 6) is 0.462. The van der Waals surface area contributed by atoms with Crippen LogP contribution in [0.4, 0.5) is 0 Å². The van der Waals surface area contributed by atoms with Crippen LogP contribution in [-0.4, -0.2) is 49.7 Å². The van der Waals surface area contributed by atoms with Crippen molar-refractivity contribution in [1.29, 1.82) is 0 Å². The van der Waals surface area contributed by atoms with E-state index in [9.17, 15) is 13.2 Å². The number of carbonyl (C=O) groups is 1. The zero-order valence-electron chi connectivity index (χ0n) is 13.7. The van der Waals surface area contributed by atoms with Gasteiger partial charge in [0.05, 0.1) is 4.90 Å². The number of nitrogens with zero attached hydrogens (tertiary/aromatic N) is 2. The van der Waals surface area contributed by atoms with Crippen molar-refractivity contribution < 1.29 is 13.2 Å². The van der Waals surface area contributed by atoms with Gasteiger partial charge in [0.2, 0.25) is 15.9 Å². The van der Waals surface area contributed by atoms with Gasteiger partial charge in [-0.25, -0.2) is 8.42 Å². The number of hydrogen-bond donors (Lipinski definition) is 0. The molecule has 0 spiro atoms. The minimum absolute atomic E-state index is 0.122. The molecular weight excluding hydrogens is 472 g/mol. The highest BCUT2D eigenvalue weighted by Crippen LogP contribution is 2.29. The molecule has 1 aromatic rings. The van der Waals surface area contributed by atoms with E-state index in [1.807, 2.05) is 0 Å². The Hall–Kier alpha value is -0.700. The van der Waals surface area contributed by atoms with Gasteiger partial charge in [0.1, 0.15) is 0 Å².